The number of nitrogens with zero attached hydrogens (tertiary/aromatic N) is 1. The Morgan fingerprint density at radius 2 is 1.64 bits per heavy atom. The standard InChI is InChI=1S/C6H15N.C2H5N3O2/c1-4-5-6-7(2)3;3-1(6)5-2(4)7/h4-6H2,1-3H3;(H5,3,4,5,6,7). The minimum absolute atomic E-state index is 0.937. The highest BCUT2D eigenvalue weighted by Gasteiger charge is 1.92. The van der Waals surface area contributed by atoms with Crippen molar-refractivity contribution in [1.82, 2.24) is 10.2 Å². The maximum absolute atomic E-state index is 9.62. The monoisotopic (exact) mass is 204 g/mol. The van der Waals surface area contributed by atoms with Crippen LogP contribution in [-0.4, -0.2) is 37.6 Å². The van der Waals surface area contributed by atoms with Crippen LogP contribution in [0.4, 0.5) is 9.59 Å². The first kappa shape index (κ1) is 15.2. The predicted octanol–water partition coefficient (Wildman–Crippen LogP) is 0.0815. The third-order valence-corrected chi connectivity index (χ3v) is 1.21. The van der Waals surface area contributed by atoms with Gasteiger partial charge in [0.05, 0.1) is 0 Å². The van der Waals surface area contributed by atoms with E-state index in [0.29, 0.717) is 0 Å². The Bertz CT molecular complexity index is 159. The van der Waals surface area contributed by atoms with Gasteiger partial charge in [-0.15, -0.1) is 0 Å². The van der Waals surface area contributed by atoms with Crippen molar-refractivity contribution in [1.29, 1.82) is 0 Å². The van der Waals surface area contributed by atoms with Crippen molar-refractivity contribution in [3.8, 4) is 0 Å². The van der Waals surface area contributed by atoms with E-state index in [2.05, 4.69) is 37.4 Å². The lowest BCUT2D eigenvalue weighted by Crippen LogP contribution is -2.38. The molecule has 0 aliphatic carbocycles. The van der Waals surface area contributed by atoms with Crippen molar-refractivity contribution in [3.63, 3.8) is 0 Å². The number of amides is 4. The largest absolute Gasteiger partial charge is 0.351 e. The van der Waals surface area contributed by atoms with Crippen LogP contribution in [0.1, 0.15) is 19.8 Å². The maximum atomic E-state index is 9.62. The molecule has 0 saturated heterocycles. The van der Waals surface area contributed by atoms with E-state index in [1.54, 1.807) is 5.32 Å². The Kier molecular flexibility index (Phi) is 10.6. The van der Waals surface area contributed by atoms with Crippen LogP contribution in [0.2, 0.25) is 0 Å². The average Bonchev–Trinajstić information content (AvgIpc) is 1.99. The van der Waals surface area contributed by atoms with Crippen molar-refractivity contribution >= 4 is 12.1 Å². The minimum Gasteiger partial charge on any atom is -0.351 e. The molecule has 0 atom stereocenters. The number of imide groups is 1. The van der Waals surface area contributed by atoms with Crippen molar-refractivity contribution in [2.75, 3.05) is 20.6 Å². The quantitative estimate of drug-likeness (QED) is 0.606. The number of urea groups is 2. The number of hydrogen-bond acceptors (Lipinski definition) is 3. The first-order valence-electron chi connectivity index (χ1n) is 4.40. The highest BCUT2D eigenvalue weighted by molar-refractivity contribution is 5.91. The van der Waals surface area contributed by atoms with Gasteiger partial charge in [-0.05, 0) is 27.1 Å². The molecule has 4 amide bonds. The molecule has 6 heteroatoms. The van der Waals surface area contributed by atoms with E-state index in [9.17, 15) is 9.59 Å². The summed E-state index contributed by atoms with van der Waals surface area (Å²) in [5, 5.41) is 1.58. The molecule has 5 N–H and O–H groups in total. The zero-order valence-corrected chi connectivity index (χ0v) is 9.04. The summed E-state index contributed by atoms with van der Waals surface area (Å²) in [6.45, 7) is 3.44. The number of hydrogen-bond donors (Lipinski definition) is 3. The Morgan fingerprint density at radius 3 is 1.71 bits per heavy atom. The number of nitrogens with one attached hydrogen (secondary N) is 1. The molecule has 0 unspecified atom stereocenters. The van der Waals surface area contributed by atoms with Crippen molar-refractivity contribution in [3.05, 3.63) is 0 Å². The molecular weight excluding hydrogens is 184 g/mol. The van der Waals surface area contributed by atoms with Crippen LogP contribution in [0.25, 0.3) is 0 Å². The molecule has 14 heavy (non-hydrogen) atoms. The molecule has 0 radical (unpaired) electrons. The molecule has 6 nitrogen and oxygen atoms in total. The number of rotatable bonds is 3. The number of nitrogens with two attached hydrogens (primary N) is 2. The highest BCUT2D eigenvalue weighted by atomic mass is 16.2. The van der Waals surface area contributed by atoms with E-state index in [1.165, 1.54) is 19.4 Å². The van der Waals surface area contributed by atoms with E-state index in [4.69, 9.17) is 0 Å². The van der Waals surface area contributed by atoms with Gasteiger partial charge in [-0.1, -0.05) is 13.3 Å². The lowest BCUT2D eigenvalue weighted by Gasteiger charge is -2.05. The summed E-state index contributed by atoms with van der Waals surface area (Å²) < 4.78 is 0. The molecule has 0 heterocycles. The summed E-state index contributed by atoms with van der Waals surface area (Å²) in [7, 11) is 4.21. The lowest BCUT2D eigenvalue weighted by molar-refractivity contribution is 0.236. The topological polar surface area (TPSA) is 101 Å². The smallest absolute Gasteiger partial charge is 0.320 e. The number of unbranched alkanes of at least 4 members (excludes halogenated alkanes) is 1. The summed E-state index contributed by atoms with van der Waals surface area (Å²) in [6, 6.07) is -1.88. The summed E-state index contributed by atoms with van der Waals surface area (Å²) >= 11 is 0. The van der Waals surface area contributed by atoms with Crippen LogP contribution < -0.4 is 16.8 Å². The van der Waals surface area contributed by atoms with E-state index in [0.717, 1.165) is 0 Å². The molecule has 0 fully saturated rings. The lowest BCUT2D eigenvalue weighted by atomic mass is 10.3. The molecule has 0 aromatic carbocycles. The fourth-order valence-corrected chi connectivity index (χ4v) is 0.596. The predicted molar refractivity (Wildman–Crippen MR) is 55.8 cm³/mol. The molecule has 0 aliphatic rings. The molecule has 0 rings (SSSR count). The van der Waals surface area contributed by atoms with Gasteiger partial charge in [0, 0.05) is 0 Å². The molecule has 0 aromatic heterocycles. The van der Waals surface area contributed by atoms with E-state index < -0.39 is 12.1 Å². The van der Waals surface area contributed by atoms with Crippen LogP contribution >= 0.6 is 0 Å². The Labute approximate surface area is 84.6 Å². The zero-order valence-electron chi connectivity index (χ0n) is 9.04. The summed E-state index contributed by atoms with van der Waals surface area (Å²) in [5.74, 6) is 0. The molecular formula is C8H20N4O2. The van der Waals surface area contributed by atoms with Crippen LogP contribution in [0.5, 0.6) is 0 Å². The molecule has 0 spiro atoms. The minimum atomic E-state index is -0.938. The van der Waals surface area contributed by atoms with Crippen LogP contribution in [0.3, 0.4) is 0 Å². The normalized spacial score (nSPS) is 8.86. The van der Waals surface area contributed by atoms with Gasteiger partial charge in [0.15, 0.2) is 0 Å². The van der Waals surface area contributed by atoms with Gasteiger partial charge < -0.3 is 16.4 Å². The zero-order chi connectivity index (χ0) is 11.6. The molecule has 0 bridgehead atoms. The molecule has 0 aliphatic heterocycles. The SMILES string of the molecule is CCCCN(C)C.NC(=O)NC(N)=O. The van der Waals surface area contributed by atoms with Gasteiger partial charge >= 0.3 is 12.1 Å². The number of carbonyl (C=O) groups is 2. The van der Waals surface area contributed by atoms with Crippen molar-refractivity contribution in [2.45, 2.75) is 19.8 Å². The van der Waals surface area contributed by atoms with E-state index >= 15 is 0 Å². The van der Waals surface area contributed by atoms with Gasteiger partial charge in [0.2, 0.25) is 0 Å². The first-order valence-corrected chi connectivity index (χ1v) is 4.40. The molecule has 0 aromatic rings. The fourth-order valence-electron chi connectivity index (χ4n) is 0.596. The van der Waals surface area contributed by atoms with Crippen molar-refractivity contribution < 1.29 is 9.59 Å². The third-order valence-electron chi connectivity index (χ3n) is 1.21. The van der Waals surface area contributed by atoms with Crippen molar-refractivity contribution in [2.24, 2.45) is 11.5 Å². The second-order valence-electron chi connectivity index (χ2n) is 3.01. The number of carbonyl (C=O) groups excluding carboxylic acids is 2. The van der Waals surface area contributed by atoms with Crippen LogP contribution in [-0.2, 0) is 0 Å². The summed E-state index contributed by atoms with van der Waals surface area (Å²) in [4.78, 5) is 21.5. The van der Waals surface area contributed by atoms with E-state index in [1.807, 2.05) is 0 Å². The van der Waals surface area contributed by atoms with E-state index in [-0.39, 0.29) is 0 Å². The van der Waals surface area contributed by atoms with Gasteiger partial charge in [-0.2, -0.15) is 0 Å². The Morgan fingerprint density at radius 1 is 1.21 bits per heavy atom. The first-order chi connectivity index (χ1) is 6.40. The Hall–Kier alpha value is -1.30. The van der Waals surface area contributed by atoms with Crippen LogP contribution in [0, 0.1) is 0 Å². The third kappa shape index (κ3) is 22.4. The van der Waals surface area contributed by atoms with Gasteiger partial charge in [0.1, 0.15) is 0 Å². The van der Waals surface area contributed by atoms with Gasteiger partial charge in [0.25, 0.3) is 0 Å². The average molecular weight is 204 g/mol. The second kappa shape index (κ2) is 9.79. The molecule has 84 valence electrons. The van der Waals surface area contributed by atoms with Gasteiger partial charge in [-0.3, -0.25) is 5.32 Å². The number of primary amides is 2. The maximum Gasteiger partial charge on any atom is 0.320 e. The highest BCUT2D eigenvalue weighted by Crippen LogP contribution is 1.86. The molecule has 0 saturated carbocycles. The fraction of sp³-hybridized carbons (Fsp3) is 0.750. The Balaban J connectivity index is 0. The van der Waals surface area contributed by atoms with Crippen LogP contribution in [0.15, 0.2) is 0 Å². The summed E-state index contributed by atoms with van der Waals surface area (Å²) in [6.07, 6.45) is 2.63. The second-order valence-corrected chi connectivity index (χ2v) is 3.01. The van der Waals surface area contributed by atoms with Gasteiger partial charge in [-0.25, -0.2) is 9.59 Å². The summed E-state index contributed by atoms with van der Waals surface area (Å²) in [5.41, 5.74) is 8.88.